The minimum atomic E-state index is -0.421. The van der Waals surface area contributed by atoms with Gasteiger partial charge in [-0.1, -0.05) is 36.4 Å². The number of benzene rings is 2. The minimum absolute atomic E-state index is 0.276. The van der Waals surface area contributed by atoms with Crippen LogP contribution in [0.3, 0.4) is 0 Å². The summed E-state index contributed by atoms with van der Waals surface area (Å²) in [7, 11) is 0. The van der Waals surface area contributed by atoms with E-state index in [4.69, 9.17) is 21.7 Å². The largest absolute Gasteiger partial charge is 0.462 e. The summed E-state index contributed by atoms with van der Waals surface area (Å²) in [5, 5.41) is 6.99. The highest BCUT2D eigenvalue weighted by Crippen LogP contribution is 2.36. The molecule has 0 radical (unpaired) electrons. The number of thiocarbonyl (C=S) groups is 1. The Labute approximate surface area is 190 Å². The van der Waals surface area contributed by atoms with E-state index in [1.165, 1.54) is 11.3 Å². The zero-order chi connectivity index (χ0) is 22.2. The van der Waals surface area contributed by atoms with Crippen molar-refractivity contribution < 1.29 is 19.1 Å². The number of nitrogens with one attached hydrogen (secondary N) is 2. The molecule has 0 aliphatic carbocycles. The lowest BCUT2D eigenvalue weighted by molar-refractivity contribution is 0.0517. The second-order valence-electron chi connectivity index (χ2n) is 6.32. The van der Waals surface area contributed by atoms with Crippen molar-refractivity contribution in [3.05, 3.63) is 71.8 Å². The van der Waals surface area contributed by atoms with Crippen LogP contribution in [-0.2, 0) is 9.47 Å². The van der Waals surface area contributed by atoms with E-state index in [1.54, 1.807) is 44.2 Å². The van der Waals surface area contributed by atoms with Gasteiger partial charge in [0.1, 0.15) is 5.00 Å². The highest BCUT2D eigenvalue weighted by molar-refractivity contribution is 7.80. The maximum Gasteiger partial charge on any atom is 0.341 e. The fourth-order valence-electron chi connectivity index (χ4n) is 2.79. The van der Waals surface area contributed by atoms with E-state index in [2.05, 4.69) is 10.6 Å². The van der Waals surface area contributed by atoms with Crippen molar-refractivity contribution in [2.45, 2.75) is 13.8 Å². The summed E-state index contributed by atoms with van der Waals surface area (Å²) in [5.74, 6) is -0.823. The van der Waals surface area contributed by atoms with Crippen LogP contribution >= 0.6 is 23.6 Å². The molecule has 0 unspecified atom stereocenters. The molecule has 0 amide bonds. The fraction of sp³-hybridized carbons (Fsp3) is 0.174. The molecule has 8 heteroatoms. The van der Waals surface area contributed by atoms with Gasteiger partial charge in [0.05, 0.1) is 24.3 Å². The van der Waals surface area contributed by atoms with Gasteiger partial charge in [-0.3, -0.25) is 0 Å². The van der Waals surface area contributed by atoms with Gasteiger partial charge in [0.15, 0.2) is 5.11 Å². The molecule has 0 atom stereocenters. The molecule has 31 heavy (non-hydrogen) atoms. The van der Waals surface area contributed by atoms with Crippen LogP contribution in [0.15, 0.2) is 60.7 Å². The lowest BCUT2D eigenvalue weighted by Gasteiger charge is -2.11. The quantitative estimate of drug-likeness (QED) is 0.357. The third kappa shape index (κ3) is 5.90. The average molecular weight is 455 g/mol. The molecule has 3 aromatic rings. The van der Waals surface area contributed by atoms with Crippen LogP contribution < -0.4 is 10.6 Å². The van der Waals surface area contributed by atoms with Crippen LogP contribution in [0.1, 0.15) is 34.6 Å². The fourth-order valence-corrected chi connectivity index (χ4v) is 4.13. The average Bonchev–Trinajstić information content (AvgIpc) is 3.18. The Bertz CT molecular complexity index is 1080. The Kier molecular flexibility index (Phi) is 7.75. The predicted octanol–water partition coefficient (Wildman–Crippen LogP) is 5.58. The van der Waals surface area contributed by atoms with E-state index in [-0.39, 0.29) is 11.7 Å². The van der Waals surface area contributed by atoms with E-state index in [0.717, 1.165) is 10.4 Å². The molecule has 0 aliphatic rings. The summed E-state index contributed by atoms with van der Waals surface area (Å²) in [6, 6.07) is 18.4. The van der Waals surface area contributed by atoms with Gasteiger partial charge in [-0.25, -0.2) is 9.59 Å². The zero-order valence-corrected chi connectivity index (χ0v) is 18.8. The van der Waals surface area contributed by atoms with Crippen molar-refractivity contribution in [1.29, 1.82) is 0 Å². The van der Waals surface area contributed by atoms with Crippen LogP contribution in [0.4, 0.5) is 10.7 Å². The number of esters is 2. The van der Waals surface area contributed by atoms with Gasteiger partial charge in [0.25, 0.3) is 0 Å². The number of thiophene rings is 1. The van der Waals surface area contributed by atoms with Gasteiger partial charge >= 0.3 is 11.9 Å². The van der Waals surface area contributed by atoms with Gasteiger partial charge in [0.2, 0.25) is 0 Å². The topological polar surface area (TPSA) is 76.7 Å². The molecule has 0 spiro atoms. The molecular weight excluding hydrogens is 432 g/mol. The predicted molar refractivity (Wildman–Crippen MR) is 128 cm³/mol. The summed E-state index contributed by atoms with van der Waals surface area (Å²) in [4.78, 5) is 25.3. The number of anilines is 2. The first-order valence-electron chi connectivity index (χ1n) is 9.73. The van der Waals surface area contributed by atoms with Gasteiger partial charge in [-0.2, -0.15) is 0 Å². The summed E-state index contributed by atoms with van der Waals surface area (Å²) < 4.78 is 10.2. The summed E-state index contributed by atoms with van der Waals surface area (Å²) in [6.45, 7) is 4.09. The number of ether oxygens (including phenoxy) is 2. The van der Waals surface area contributed by atoms with E-state index < -0.39 is 11.9 Å². The van der Waals surface area contributed by atoms with Crippen molar-refractivity contribution in [3.63, 3.8) is 0 Å². The third-order valence-corrected chi connectivity index (χ3v) is 5.45. The molecule has 6 nitrogen and oxygen atoms in total. The lowest BCUT2D eigenvalue weighted by atomic mass is 10.1. The molecule has 0 bridgehead atoms. The monoisotopic (exact) mass is 454 g/mol. The van der Waals surface area contributed by atoms with E-state index in [0.29, 0.717) is 28.4 Å². The molecule has 2 N–H and O–H groups in total. The third-order valence-electron chi connectivity index (χ3n) is 4.14. The molecule has 0 aliphatic heterocycles. The van der Waals surface area contributed by atoms with Crippen molar-refractivity contribution in [1.82, 2.24) is 0 Å². The molecule has 160 valence electrons. The molecule has 0 saturated heterocycles. The maximum absolute atomic E-state index is 12.5. The lowest BCUT2D eigenvalue weighted by Crippen LogP contribution is -2.20. The Morgan fingerprint density at radius 1 is 0.903 bits per heavy atom. The second-order valence-corrected chi connectivity index (χ2v) is 7.78. The zero-order valence-electron chi connectivity index (χ0n) is 17.1. The van der Waals surface area contributed by atoms with Gasteiger partial charge in [-0.05, 0) is 55.9 Å². The van der Waals surface area contributed by atoms with Crippen LogP contribution in [0.25, 0.3) is 10.4 Å². The Morgan fingerprint density at radius 2 is 1.61 bits per heavy atom. The molecule has 2 aromatic carbocycles. The van der Waals surface area contributed by atoms with Gasteiger partial charge in [0, 0.05) is 10.6 Å². The minimum Gasteiger partial charge on any atom is -0.462 e. The van der Waals surface area contributed by atoms with Crippen LogP contribution in [0.2, 0.25) is 0 Å². The molecule has 0 fully saturated rings. The molecular formula is C23H22N2O4S2. The number of hydrogen-bond acceptors (Lipinski definition) is 6. The number of carbonyl (C=O) groups excluding carboxylic acids is 2. The van der Waals surface area contributed by atoms with Gasteiger partial charge in [-0.15, -0.1) is 11.3 Å². The summed E-state index contributed by atoms with van der Waals surface area (Å²) >= 11 is 6.84. The first kappa shape index (κ1) is 22.5. The highest BCUT2D eigenvalue weighted by Gasteiger charge is 2.19. The van der Waals surface area contributed by atoms with E-state index in [9.17, 15) is 9.59 Å². The Balaban J connectivity index is 1.80. The van der Waals surface area contributed by atoms with Crippen LogP contribution in [0.5, 0.6) is 0 Å². The number of rotatable bonds is 7. The summed E-state index contributed by atoms with van der Waals surface area (Å²) in [5.41, 5.74) is 2.45. The van der Waals surface area contributed by atoms with Crippen molar-refractivity contribution >= 4 is 51.3 Å². The summed E-state index contributed by atoms with van der Waals surface area (Å²) in [6.07, 6.45) is 0. The van der Waals surface area contributed by atoms with E-state index >= 15 is 0 Å². The normalized spacial score (nSPS) is 10.3. The van der Waals surface area contributed by atoms with Crippen molar-refractivity contribution in [3.8, 4) is 10.4 Å². The van der Waals surface area contributed by atoms with Gasteiger partial charge < -0.3 is 20.1 Å². The smallest absolute Gasteiger partial charge is 0.341 e. The first-order chi connectivity index (χ1) is 15.0. The van der Waals surface area contributed by atoms with Crippen LogP contribution in [-0.4, -0.2) is 30.3 Å². The number of hydrogen-bond donors (Lipinski definition) is 2. The second kappa shape index (κ2) is 10.7. The molecule has 1 heterocycles. The Morgan fingerprint density at radius 3 is 2.32 bits per heavy atom. The van der Waals surface area contributed by atoms with Crippen LogP contribution in [0, 0.1) is 0 Å². The van der Waals surface area contributed by atoms with Crippen molar-refractivity contribution in [2.24, 2.45) is 0 Å². The first-order valence-corrected chi connectivity index (χ1v) is 11.0. The number of carbonyl (C=O) groups is 2. The molecule has 3 rings (SSSR count). The molecule has 0 saturated carbocycles. The molecule has 1 aromatic heterocycles. The SMILES string of the molecule is CCOC(=O)c1cccc(NC(=S)Nc2sc(-c3ccccc3)cc2C(=O)OCC)c1. The standard InChI is InChI=1S/C23H22N2O4S2/c1-3-28-21(26)16-11-8-12-17(13-16)24-23(30)25-20-18(22(27)29-4-2)14-19(31-20)15-9-6-5-7-10-15/h5-14H,3-4H2,1-2H3,(H2,24,25,30). The van der Waals surface area contributed by atoms with Crippen molar-refractivity contribution in [2.75, 3.05) is 23.8 Å². The highest BCUT2D eigenvalue weighted by atomic mass is 32.1. The maximum atomic E-state index is 12.5. The van der Waals surface area contributed by atoms with E-state index in [1.807, 2.05) is 30.3 Å². The Hall–Kier alpha value is -3.23.